The molecule has 6 heteroatoms. The van der Waals surface area contributed by atoms with E-state index in [0.717, 1.165) is 11.1 Å². The maximum Gasteiger partial charge on any atom is 0.241 e. The minimum absolute atomic E-state index is 0.237. The van der Waals surface area contributed by atoms with Crippen LogP contribution in [0.4, 0.5) is 5.69 Å². The summed E-state index contributed by atoms with van der Waals surface area (Å²) in [4.78, 5) is 0.237. The lowest BCUT2D eigenvalue weighted by atomic mass is 10.2. The molecule has 1 atom stereocenters. The Balaban J connectivity index is 2.25. The zero-order chi connectivity index (χ0) is 14.0. The molecule has 19 heavy (non-hydrogen) atoms. The highest BCUT2D eigenvalue weighted by atomic mass is 32.2. The molecule has 102 valence electrons. The van der Waals surface area contributed by atoms with E-state index in [1.54, 1.807) is 30.4 Å². The Kier molecular flexibility index (Phi) is 3.93. The smallest absolute Gasteiger partial charge is 0.241 e. The Hall–Kier alpha value is -1.37. The lowest BCUT2D eigenvalue weighted by molar-refractivity contribution is 0.567. The van der Waals surface area contributed by atoms with Crippen molar-refractivity contribution < 1.29 is 8.42 Å². The molecule has 2 rings (SSSR count). The van der Waals surface area contributed by atoms with Gasteiger partial charge in [-0.25, -0.2) is 13.1 Å². The van der Waals surface area contributed by atoms with E-state index >= 15 is 0 Å². The predicted octanol–water partition coefficient (Wildman–Crippen LogP) is 2.68. The number of nitrogens with two attached hydrogens (primary N) is 1. The standard InChI is InChI=1S/C13H16N2O2S2/c1-9-7-12(3-4-13(9)14)19(16,17)15-10(2)11-5-6-18-8-11/h3-8,10,15H,14H2,1-2H3. The number of hydrogen-bond donors (Lipinski definition) is 2. The summed E-state index contributed by atoms with van der Waals surface area (Å²) in [6.07, 6.45) is 0. The number of rotatable bonds is 4. The Morgan fingerprint density at radius 1 is 1.32 bits per heavy atom. The third kappa shape index (κ3) is 3.15. The van der Waals surface area contributed by atoms with Gasteiger partial charge in [0, 0.05) is 11.7 Å². The fraction of sp³-hybridized carbons (Fsp3) is 0.231. The molecular formula is C13H16N2O2S2. The molecule has 1 aromatic carbocycles. The molecule has 0 aliphatic carbocycles. The molecule has 0 bridgehead atoms. The Bertz CT molecular complexity index is 664. The van der Waals surface area contributed by atoms with Crippen LogP contribution in [0.1, 0.15) is 24.1 Å². The normalized spacial score (nSPS) is 13.4. The van der Waals surface area contributed by atoms with Gasteiger partial charge in [0.15, 0.2) is 0 Å². The van der Waals surface area contributed by atoms with Crippen molar-refractivity contribution in [3.05, 3.63) is 46.2 Å². The minimum atomic E-state index is -3.53. The average molecular weight is 296 g/mol. The monoisotopic (exact) mass is 296 g/mol. The summed E-state index contributed by atoms with van der Waals surface area (Å²) < 4.78 is 27.2. The zero-order valence-electron chi connectivity index (χ0n) is 10.8. The molecule has 0 radical (unpaired) electrons. The van der Waals surface area contributed by atoms with Crippen molar-refractivity contribution in [2.75, 3.05) is 5.73 Å². The van der Waals surface area contributed by atoms with Gasteiger partial charge in [-0.15, -0.1) is 0 Å². The zero-order valence-corrected chi connectivity index (χ0v) is 12.4. The van der Waals surface area contributed by atoms with Gasteiger partial charge >= 0.3 is 0 Å². The molecule has 0 aliphatic heterocycles. The number of thiophene rings is 1. The summed E-state index contributed by atoms with van der Waals surface area (Å²) in [6, 6.07) is 6.36. The first kappa shape index (κ1) is 14.0. The molecule has 0 amide bonds. The molecule has 0 fully saturated rings. The fourth-order valence-corrected chi connectivity index (χ4v) is 3.78. The van der Waals surface area contributed by atoms with E-state index in [-0.39, 0.29) is 10.9 Å². The second-order valence-corrected chi connectivity index (χ2v) is 6.91. The number of aryl methyl sites for hydroxylation is 1. The Morgan fingerprint density at radius 2 is 2.05 bits per heavy atom. The third-order valence-corrected chi connectivity index (χ3v) is 5.17. The van der Waals surface area contributed by atoms with E-state index in [1.807, 2.05) is 23.8 Å². The van der Waals surface area contributed by atoms with Gasteiger partial charge in [-0.3, -0.25) is 0 Å². The quantitative estimate of drug-likeness (QED) is 0.852. The largest absolute Gasteiger partial charge is 0.399 e. The van der Waals surface area contributed by atoms with Gasteiger partial charge in [0.2, 0.25) is 10.0 Å². The second kappa shape index (κ2) is 5.32. The van der Waals surface area contributed by atoms with Crippen LogP contribution in [0.15, 0.2) is 39.9 Å². The summed E-state index contributed by atoms with van der Waals surface area (Å²) in [5, 5.41) is 3.86. The van der Waals surface area contributed by atoms with Gasteiger partial charge in [-0.05, 0) is 60.0 Å². The summed E-state index contributed by atoms with van der Waals surface area (Å²) >= 11 is 1.54. The van der Waals surface area contributed by atoms with Crippen molar-refractivity contribution in [1.82, 2.24) is 4.72 Å². The molecule has 0 spiro atoms. The number of anilines is 1. The summed E-state index contributed by atoms with van der Waals surface area (Å²) in [5.41, 5.74) is 8.00. The van der Waals surface area contributed by atoms with Gasteiger partial charge in [-0.2, -0.15) is 11.3 Å². The van der Waals surface area contributed by atoms with Crippen LogP contribution in [0.3, 0.4) is 0 Å². The van der Waals surface area contributed by atoms with Crippen molar-refractivity contribution >= 4 is 27.0 Å². The number of sulfonamides is 1. The molecule has 0 aliphatic rings. The van der Waals surface area contributed by atoms with Gasteiger partial charge in [-0.1, -0.05) is 0 Å². The van der Waals surface area contributed by atoms with E-state index in [0.29, 0.717) is 5.69 Å². The number of nitrogens with one attached hydrogen (secondary N) is 1. The lowest BCUT2D eigenvalue weighted by Gasteiger charge is -2.14. The molecule has 1 unspecified atom stereocenters. The van der Waals surface area contributed by atoms with Crippen LogP contribution in [0.25, 0.3) is 0 Å². The highest BCUT2D eigenvalue weighted by Crippen LogP contribution is 2.21. The topological polar surface area (TPSA) is 72.2 Å². The first-order valence-electron chi connectivity index (χ1n) is 5.81. The summed E-state index contributed by atoms with van der Waals surface area (Å²) in [5.74, 6) is 0. The van der Waals surface area contributed by atoms with Crippen LogP contribution in [0.2, 0.25) is 0 Å². The van der Waals surface area contributed by atoms with E-state index in [2.05, 4.69) is 4.72 Å². The minimum Gasteiger partial charge on any atom is -0.399 e. The molecule has 4 nitrogen and oxygen atoms in total. The molecule has 2 aromatic rings. The van der Waals surface area contributed by atoms with Crippen LogP contribution >= 0.6 is 11.3 Å². The van der Waals surface area contributed by atoms with E-state index in [9.17, 15) is 8.42 Å². The van der Waals surface area contributed by atoms with Crippen molar-refractivity contribution in [1.29, 1.82) is 0 Å². The molecule has 1 aromatic heterocycles. The molecule has 0 saturated heterocycles. The van der Waals surface area contributed by atoms with Crippen LogP contribution in [0.5, 0.6) is 0 Å². The maximum atomic E-state index is 12.3. The first-order chi connectivity index (χ1) is 8.90. The van der Waals surface area contributed by atoms with Gasteiger partial charge in [0.25, 0.3) is 0 Å². The Labute approximate surface area is 117 Å². The number of benzene rings is 1. The van der Waals surface area contributed by atoms with Gasteiger partial charge in [0.1, 0.15) is 0 Å². The van der Waals surface area contributed by atoms with Crippen LogP contribution in [0, 0.1) is 6.92 Å². The Morgan fingerprint density at radius 3 is 2.63 bits per heavy atom. The average Bonchev–Trinajstić information content (AvgIpc) is 2.85. The second-order valence-electron chi connectivity index (χ2n) is 4.42. The van der Waals surface area contributed by atoms with E-state index in [4.69, 9.17) is 5.73 Å². The first-order valence-corrected chi connectivity index (χ1v) is 8.23. The fourth-order valence-electron chi connectivity index (χ4n) is 1.71. The lowest BCUT2D eigenvalue weighted by Crippen LogP contribution is -2.26. The van der Waals surface area contributed by atoms with Crippen molar-refractivity contribution in [3.8, 4) is 0 Å². The number of hydrogen-bond acceptors (Lipinski definition) is 4. The summed E-state index contributed by atoms with van der Waals surface area (Å²) in [7, 11) is -3.53. The number of nitrogen functional groups attached to an aromatic ring is 1. The van der Waals surface area contributed by atoms with Crippen molar-refractivity contribution in [2.45, 2.75) is 24.8 Å². The predicted molar refractivity (Wildman–Crippen MR) is 78.6 cm³/mol. The molecule has 3 N–H and O–H groups in total. The van der Waals surface area contributed by atoms with Crippen LogP contribution in [-0.2, 0) is 10.0 Å². The van der Waals surface area contributed by atoms with E-state index in [1.165, 1.54) is 6.07 Å². The maximum absolute atomic E-state index is 12.3. The van der Waals surface area contributed by atoms with Crippen LogP contribution in [-0.4, -0.2) is 8.42 Å². The van der Waals surface area contributed by atoms with Gasteiger partial charge < -0.3 is 5.73 Å². The van der Waals surface area contributed by atoms with Crippen LogP contribution < -0.4 is 10.5 Å². The molecule has 1 heterocycles. The SMILES string of the molecule is Cc1cc(S(=O)(=O)NC(C)c2ccsc2)ccc1N. The van der Waals surface area contributed by atoms with E-state index < -0.39 is 10.0 Å². The summed E-state index contributed by atoms with van der Waals surface area (Å²) in [6.45, 7) is 3.61. The van der Waals surface area contributed by atoms with Crippen molar-refractivity contribution in [2.24, 2.45) is 0 Å². The van der Waals surface area contributed by atoms with Gasteiger partial charge in [0.05, 0.1) is 4.90 Å². The molecular weight excluding hydrogens is 280 g/mol. The third-order valence-electron chi connectivity index (χ3n) is 2.93. The highest BCUT2D eigenvalue weighted by molar-refractivity contribution is 7.89. The molecule has 0 saturated carbocycles. The van der Waals surface area contributed by atoms with Crippen molar-refractivity contribution in [3.63, 3.8) is 0 Å². The highest BCUT2D eigenvalue weighted by Gasteiger charge is 2.19.